The molecule has 0 radical (unpaired) electrons. The van der Waals surface area contributed by atoms with Crippen LogP contribution < -0.4 is 4.74 Å². The van der Waals surface area contributed by atoms with Crippen molar-refractivity contribution in [2.45, 2.75) is 33.3 Å². The summed E-state index contributed by atoms with van der Waals surface area (Å²) < 4.78 is 19.0. The zero-order chi connectivity index (χ0) is 15.4. The highest BCUT2D eigenvalue weighted by molar-refractivity contribution is 5.99. The van der Waals surface area contributed by atoms with E-state index >= 15 is 0 Å². The number of rotatable bonds is 5. The number of ketones is 1. The number of Topliss-reactive ketones (excluding diaryl/α,β-unsaturated/α-hetero) is 1. The minimum absolute atomic E-state index is 0.112. The molecule has 0 saturated carbocycles. The third-order valence-corrected chi connectivity index (χ3v) is 3.47. The Balaban J connectivity index is 2.09. The third kappa shape index (κ3) is 3.69. The van der Waals surface area contributed by atoms with E-state index in [1.165, 1.54) is 11.6 Å². The van der Waals surface area contributed by atoms with Crippen LogP contribution in [0.1, 0.15) is 35.3 Å². The molecule has 2 aromatic carbocycles. The van der Waals surface area contributed by atoms with Gasteiger partial charge in [-0.1, -0.05) is 37.3 Å². The number of benzene rings is 2. The maximum atomic E-state index is 13.5. The Labute approximate surface area is 124 Å². The highest BCUT2D eigenvalue weighted by atomic mass is 19.1. The highest BCUT2D eigenvalue weighted by Gasteiger charge is 2.17. The van der Waals surface area contributed by atoms with E-state index in [-0.39, 0.29) is 11.6 Å². The van der Waals surface area contributed by atoms with Crippen LogP contribution in [0, 0.1) is 12.7 Å². The molecule has 0 aromatic heterocycles. The van der Waals surface area contributed by atoms with Gasteiger partial charge in [0.05, 0.1) is 0 Å². The van der Waals surface area contributed by atoms with Crippen molar-refractivity contribution >= 4 is 5.78 Å². The lowest BCUT2D eigenvalue weighted by Crippen LogP contribution is -2.24. The van der Waals surface area contributed by atoms with E-state index in [0.717, 1.165) is 6.42 Å². The van der Waals surface area contributed by atoms with Gasteiger partial charge in [0.15, 0.2) is 6.10 Å². The Morgan fingerprint density at radius 1 is 1.19 bits per heavy atom. The molecule has 2 nitrogen and oxygen atoms in total. The van der Waals surface area contributed by atoms with Gasteiger partial charge in [0, 0.05) is 11.6 Å². The molecule has 3 heteroatoms. The summed E-state index contributed by atoms with van der Waals surface area (Å²) in [5.41, 5.74) is 2.34. The quantitative estimate of drug-likeness (QED) is 0.764. The van der Waals surface area contributed by atoms with Gasteiger partial charge in [-0.2, -0.15) is 0 Å². The van der Waals surface area contributed by atoms with Crippen molar-refractivity contribution < 1.29 is 13.9 Å². The van der Waals surface area contributed by atoms with Crippen LogP contribution in [0.5, 0.6) is 5.75 Å². The fourth-order valence-electron chi connectivity index (χ4n) is 2.04. The SMILES string of the molecule is CCc1ccc(C(=O)C(C)Oc2ccc(C)c(F)c2)cc1. The van der Waals surface area contributed by atoms with Gasteiger partial charge in [0.1, 0.15) is 11.6 Å². The van der Waals surface area contributed by atoms with Crippen LogP contribution in [0.2, 0.25) is 0 Å². The summed E-state index contributed by atoms with van der Waals surface area (Å²) in [6, 6.07) is 12.1. The maximum absolute atomic E-state index is 13.5. The van der Waals surface area contributed by atoms with Gasteiger partial charge in [-0.15, -0.1) is 0 Å². The average molecular weight is 286 g/mol. The average Bonchev–Trinajstić information content (AvgIpc) is 2.50. The minimum Gasteiger partial charge on any atom is -0.482 e. The fraction of sp³-hybridized carbons (Fsp3) is 0.278. The van der Waals surface area contributed by atoms with Crippen LogP contribution in [0.25, 0.3) is 0 Å². The number of aryl methyl sites for hydroxylation is 2. The number of carbonyl (C=O) groups excluding carboxylic acids is 1. The molecule has 21 heavy (non-hydrogen) atoms. The Morgan fingerprint density at radius 2 is 1.86 bits per heavy atom. The first kappa shape index (κ1) is 15.2. The Kier molecular flexibility index (Phi) is 4.73. The predicted octanol–water partition coefficient (Wildman–Crippen LogP) is 4.35. The normalized spacial score (nSPS) is 12.0. The lowest BCUT2D eigenvalue weighted by molar-refractivity contribution is 0.0817. The van der Waals surface area contributed by atoms with Gasteiger partial charge in [0.25, 0.3) is 0 Å². The molecule has 1 unspecified atom stereocenters. The second kappa shape index (κ2) is 6.53. The lowest BCUT2D eigenvalue weighted by Gasteiger charge is -2.14. The molecule has 0 amide bonds. The molecule has 0 aliphatic heterocycles. The molecule has 0 saturated heterocycles. The molecule has 0 aliphatic rings. The van der Waals surface area contributed by atoms with Crippen LogP contribution in [-0.4, -0.2) is 11.9 Å². The summed E-state index contributed by atoms with van der Waals surface area (Å²) in [5.74, 6) is -0.0813. The number of hydrogen-bond acceptors (Lipinski definition) is 2. The zero-order valence-electron chi connectivity index (χ0n) is 12.5. The van der Waals surface area contributed by atoms with Gasteiger partial charge in [-0.05, 0) is 37.5 Å². The van der Waals surface area contributed by atoms with Crippen molar-refractivity contribution in [2.24, 2.45) is 0 Å². The van der Waals surface area contributed by atoms with Gasteiger partial charge >= 0.3 is 0 Å². The van der Waals surface area contributed by atoms with E-state index in [9.17, 15) is 9.18 Å². The zero-order valence-corrected chi connectivity index (χ0v) is 12.5. The molecule has 0 aliphatic carbocycles. The van der Waals surface area contributed by atoms with Gasteiger partial charge in [-0.3, -0.25) is 4.79 Å². The first-order valence-corrected chi connectivity index (χ1v) is 7.07. The Hall–Kier alpha value is -2.16. The molecule has 2 rings (SSSR count). The number of carbonyl (C=O) groups is 1. The summed E-state index contributed by atoms with van der Waals surface area (Å²) >= 11 is 0. The fourth-order valence-corrected chi connectivity index (χ4v) is 2.04. The molecular formula is C18H19FO2. The topological polar surface area (TPSA) is 26.3 Å². The van der Waals surface area contributed by atoms with Gasteiger partial charge < -0.3 is 4.74 Å². The molecule has 0 heterocycles. The molecule has 0 spiro atoms. The minimum atomic E-state index is -0.653. The van der Waals surface area contributed by atoms with E-state index < -0.39 is 6.10 Å². The monoisotopic (exact) mass is 286 g/mol. The van der Waals surface area contributed by atoms with Crippen LogP contribution in [-0.2, 0) is 6.42 Å². The Bertz CT molecular complexity index is 632. The summed E-state index contributed by atoms with van der Waals surface area (Å²) in [7, 11) is 0. The number of hydrogen-bond donors (Lipinski definition) is 0. The molecule has 2 aromatic rings. The van der Waals surface area contributed by atoms with Crippen LogP contribution in [0.3, 0.4) is 0 Å². The second-order valence-electron chi connectivity index (χ2n) is 5.09. The first-order valence-electron chi connectivity index (χ1n) is 7.07. The molecule has 1 atom stereocenters. The molecule has 110 valence electrons. The summed E-state index contributed by atoms with van der Waals surface area (Å²) in [6.07, 6.45) is 0.281. The van der Waals surface area contributed by atoms with E-state index in [1.54, 1.807) is 38.1 Å². The van der Waals surface area contributed by atoms with E-state index in [2.05, 4.69) is 6.92 Å². The maximum Gasteiger partial charge on any atom is 0.202 e. The number of ether oxygens (including phenoxy) is 1. The van der Waals surface area contributed by atoms with Crippen molar-refractivity contribution in [2.75, 3.05) is 0 Å². The van der Waals surface area contributed by atoms with E-state index in [0.29, 0.717) is 16.9 Å². The third-order valence-electron chi connectivity index (χ3n) is 3.47. The molecule has 0 bridgehead atoms. The highest BCUT2D eigenvalue weighted by Crippen LogP contribution is 2.18. The smallest absolute Gasteiger partial charge is 0.202 e. The van der Waals surface area contributed by atoms with Crippen molar-refractivity contribution in [1.82, 2.24) is 0 Å². The summed E-state index contributed by atoms with van der Waals surface area (Å²) in [4.78, 5) is 12.3. The standard InChI is InChI=1S/C18H19FO2/c1-4-14-6-8-15(9-7-14)18(20)13(3)21-16-10-5-12(2)17(19)11-16/h5-11,13H,4H2,1-3H3. The van der Waals surface area contributed by atoms with Crippen molar-refractivity contribution in [3.63, 3.8) is 0 Å². The second-order valence-corrected chi connectivity index (χ2v) is 5.09. The first-order chi connectivity index (χ1) is 10.0. The molecule has 0 N–H and O–H groups in total. The van der Waals surface area contributed by atoms with E-state index in [1.807, 2.05) is 12.1 Å². The van der Waals surface area contributed by atoms with Crippen LogP contribution >= 0.6 is 0 Å². The lowest BCUT2D eigenvalue weighted by atomic mass is 10.0. The Morgan fingerprint density at radius 3 is 2.43 bits per heavy atom. The molecular weight excluding hydrogens is 267 g/mol. The van der Waals surface area contributed by atoms with Crippen molar-refractivity contribution in [3.05, 3.63) is 65.0 Å². The summed E-state index contributed by atoms with van der Waals surface area (Å²) in [5, 5.41) is 0. The van der Waals surface area contributed by atoms with E-state index in [4.69, 9.17) is 4.74 Å². The summed E-state index contributed by atoms with van der Waals surface area (Å²) in [6.45, 7) is 5.42. The van der Waals surface area contributed by atoms with Gasteiger partial charge in [-0.25, -0.2) is 4.39 Å². The van der Waals surface area contributed by atoms with Crippen molar-refractivity contribution in [3.8, 4) is 5.75 Å². The van der Waals surface area contributed by atoms with Crippen LogP contribution in [0.4, 0.5) is 4.39 Å². The van der Waals surface area contributed by atoms with Crippen LogP contribution in [0.15, 0.2) is 42.5 Å². The predicted molar refractivity (Wildman–Crippen MR) is 81.4 cm³/mol. The largest absolute Gasteiger partial charge is 0.482 e. The van der Waals surface area contributed by atoms with Gasteiger partial charge in [0.2, 0.25) is 5.78 Å². The van der Waals surface area contributed by atoms with Crippen molar-refractivity contribution in [1.29, 1.82) is 0 Å². The molecule has 0 fully saturated rings. The number of halogens is 1.